The molecule has 0 radical (unpaired) electrons. The van der Waals surface area contributed by atoms with Gasteiger partial charge in [0.25, 0.3) is 5.91 Å². The first kappa shape index (κ1) is 15.4. The topological polar surface area (TPSA) is 65.5 Å². The first-order valence-electron chi connectivity index (χ1n) is 6.49. The summed E-state index contributed by atoms with van der Waals surface area (Å²) in [6.07, 6.45) is 3.14. The van der Waals surface area contributed by atoms with Gasteiger partial charge in [0.1, 0.15) is 5.82 Å². The van der Waals surface area contributed by atoms with Crippen LogP contribution >= 0.6 is 0 Å². The minimum Gasteiger partial charge on any atom is -0.388 e. The second kappa shape index (κ2) is 6.52. The van der Waals surface area contributed by atoms with Crippen molar-refractivity contribution in [2.75, 3.05) is 25.5 Å². The summed E-state index contributed by atoms with van der Waals surface area (Å²) in [6, 6.07) is 3.39. The van der Waals surface area contributed by atoms with Crippen LogP contribution in [0.1, 0.15) is 37.0 Å². The molecule has 1 amide bonds. The standard InChI is InChI=1S/C14H23N3O2/c1-5-7-14(2,19)10-16-13(18)11-6-8-15-12(9-11)17(3)4/h6,8-9,19H,5,7,10H2,1-4H3,(H,16,18). The maximum Gasteiger partial charge on any atom is 0.251 e. The van der Waals surface area contributed by atoms with Gasteiger partial charge in [0.05, 0.1) is 5.60 Å². The molecule has 0 bridgehead atoms. The van der Waals surface area contributed by atoms with Gasteiger partial charge in [-0.05, 0) is 25.5 Å². The Balaban J connectivity index is 2.66. The van der Waals surface area contributed by atoms with Crippen molar-refractivity contribution in [2.24, 2.45) is 0 Å². The van der Waals surface area contributed by atoms with E-state index < -0.39 is 5.60 Å². The molecule has 0 saturated heterocycles. The van der Waals surface area contributed by atoms with E-state index in [9.17, 15) is 9.90 Å². The third-order valence-electron chi connectivity index (χ3n) is 2.88. The SMILES string of the molecule is CCCC(C)(O)CNC(=O)c1ccnc(N(C)C)c1. The third kappa shape index (κ3) is 4.87. The smallest absolute Gasteiger partial charge is 0.251 e. The van der Waals surface area contributed by atoms with E-state index in [-0.39, 0.29) is 12.5 Å². The molecule has 0 spiro atoms. The van der Waals surface area contributed by atoms with Gasteiger partial charge in [-0.15, -0.1) is 0 Å². The molecule has 0 aliphatic heterocycles. The van der Waals surface area contributed by atoms with Gasteiger partial charge in [0.2, 0.25) is 0 Å². The molecule has 5 nitrogen and oxygen atoms in total. The van der Waals surface area contributed by atoms with E-state index in [0.29, 0.717) is 12.0 Å². The molecule has 0 aliphatic carbocycles. The van der Waals surface area contributed by atoms with Crippen LogP contribution in [0.2, 0.25) is 0 Å². The lowest BCUT2D eigenvalue weighted by Gasteiger charge is -2.23. The molecule has 1 aromatic heterocycles. The number of nitrogens with zero attached hydrogens (tertiary/aromatic N) is 2. The summed E-state index contributed by atoms with van der Waals surface area (Å²) < 4.78 is 0. The summed E-state index contributed by atoms with van der Waals surface area (Å²) in [5.74, 6) is 0.537. The molecule has 5 heteroatoms. The molecule has 1 rings (SSSR count). The molecule has 1 aromatic rings. The molecule has 1 heterocycles. The highest BCUT2D eigenvalue weighted by Gasteiger charge is 2.20. The monoisotopic (exact) mass is 265 g/mol. The Kier molecular flexibility index (Phi) is 5.30. The minimum atomic E-state index is -0.859. The van der Waals surface area contributed by atoms with Gasteiger partial charge in [-0.1, -0.05) is 13.3 Å². The highest BCUT2D eigenvalue weighted by Crippen LogP contribution is 2.12. The zero-order valence-electron chi connectivity index (χ0n) is 12.1. The Morgan fingerprint density at radius 2 is 2.21 bits per heavy atom. The molecule has 2 N–H and O–H groups in total. The van der Waals surface area contributed by atoms with E-state index in [4.69, 9.17) is 0 Å². The predicted molar refractivity (Wildman–Crippen MR) is 76.4 cm³/mol. The van der Waals surface area contributed by atoms with Gasteiger partial charge >= 0.3 is 0 Å². The van der Waals surface area contributed by atoms with Crippen LogP contribution in [0.3, 0.4) is 0 Å². The molecule has 0 aliphatic rings. The molecule has 0 saturated carbocycles. The van der Waals surface area contributed by atoms with Gasteiger partial charge in [-0.3, -0.25) is 4.79 Å². The molecule has 1 unspecified atom stereocenters. The number of pyridine rings is 1. The Morgan fingerprint density at radius 1 is 1.53 bits per heavy atom. The molecule has 106 valence electrons. The Labute approximate surface area is 114 Å². The number of hydrogen-bond acceptors (Lipinski definition) is 4. The van der Waals surface area contributed by atoms with Crippen LogP contribution < -0.4 is 10.2 Å². The minimum absolute atomic E-state index is 0.193. The number of anilines is 1. The average molecular weight is 265 g/mol. The van der Waals surface area contributed by atoms with Crippen molar-refractivity contribution in [3.8, 4) is 0 Å². The number of aliphatic hydroxyl groups is 1. The van der Waals surface area contributed by atoms with Crippen molar-refractivity contribution < 1.29 is 9.90 Å². The Bertz CT molecular complexity index is 430. The van der Waals surface area contributed by atoms with Gasteiger partial charge < -0.3 is 15.3 Å². The second-order valence-corrected chi connectivity index (χ2v) is 5.23. The van der Waals surface area contributed by atoms with Crippen LogP contribution in [-0.4, -0.2) is 42.2 Å². The Hall–Kier alpha value is -1.62. The van der Waals surface area contributed by atoms with Crippen molar-refractivity contribution in [1.29, 1.82) is 0 Å². The van der Waals surface area contributed by atoms with Crippen molar-refractivity contribution >= 4 is 11.7 Å². The lowest BCUT2D eigenvalue weighted by atomic mass is 10.0. The van der Waals surface area contributed by atoms with Crippen LogP contribution in [0.5, 0.6) is 0 Å². The fraction of sp³-hybridized carbons (Fsp3) is 0.571. The zero-order chi connectivity index (χ0) is 14.5. The summed E-state index contributed by atoms with van der Waals surface area (Å²) in [5, 5.41) is 12.8. The largest absolute Gasteiger partial charge is 0.388 e. The summed E-state index contributed by atoms with van der Waals surface area (Å²) >= 11 is 0. The lowest BCUT2D eigenvalue weighted by molar-refractivity contribution is 0.0469. The quantitative estimate of drug-likeness (QED) is 0.816. The normalized spacial score (nSPS) is 13.7. The number of hydrogen-bond donors (Lipinski definition) is 2. The number of carbonyl (C=O) groups is 1. The number of nitrogens with one attached hydrogen (secondary N) is 1. The van der Waals surface area contributed by atoms with E-state index in [2.05, 4.69) is 10.3 Å². The molecular formula is C14H23N3O2. The number of rotatable bonds is 6. The highest BCUT2D eigenvalue weighted by molar-refractivity contribution is 5.94. The first-order valence-corrected chi connectivity index (χ1v) is 6.49. The number of amides is 1. The third-order valence-corrected chi connectivity index (χ3v) is 2.88. The lowest BCUT2D eigenvalue weighted by Crippen LogP contribution is -2.40. The van der Waals surface area contributed by atoms with E-state index in [0.717, 1.165) is 12.2 Å². The first-order chi connectivity index (χ1) is 8.85. The molecule has 19 heavy (non-hydrogen) atoms. The highest BCUT2D eigenvalue weighted by atomic mass is 16.3. The number of aromatic nitrogens is 1. The molecular weight excluding hydrogens is 242 g/mol. The average Bonchev–Trinajstić information content (AvgIpc) is 2.36. The van der Waals surface area contributed by atoms with Crippen molar-refractivity contribution in [3.63, 3.8) is 0 Å². The van der Waals surface area contributed by atoms with Crippen LogP contribution in [0.25, 0.3) is 0 Å². The molecule has 1 atom stereocenters. The van der Waals surface area contributed by atoms with Crippen molar-refractivity contribution in [2.45, 2.75) is 32.3 Å². The van der Waals surface area contributed by atoms with E-state index >= 15 is 0 Å². The van der Waals surface area contributed by atoms with Gasteiger partial charge in [0, 0.05) is 32.4 Å². The zero-order valence-corrected chi connectivity index (χ0v) is 12.1. The van der Waals surface area contributed by atoms with E-state index in [1.807, 2.05) is 25.9 Å². The van der Waals surface area contributed by atoms with Crippen LogP contribution in [-0.2, 0) is 0 Å². The van der Waals surface area contributed by atoms with Crippen LogP contribution in [0, 0.1) is 0 Å². The van der Waals surface area contributed by atoms with Crippen molar-refractivity contribution in [1.82, 2.24) is 10.3 Å². The molecule has 0 aromatic carbocycles. The maximum absolute atomic E-state index is 12.0. The second-order valence-electron chi connectivity index (χ2n) is 5.23. The summed E-state index contributed by atoms with van der Waals surface area (Å²) in [4.78, 5) is 18.0. The van der Waals surface area contributed by atoms with Crippen molar-refractivity contribution in [3.05, 3.63) is 23.9 Å². The van der Waals surface area contributed by atoms with Gasteiger partial charge in [-0.25, -0.2) is 4.98 Å². The summed E-state index contributed by atoms with van der Waals surface area (Å²) in [6.45, 7) is 3.98. The predicted octanol–water partition coefficient (Wildman–Crippen LogP) is 1.43. The number of carbonyl (C=O) groups excluding carboxylic acids is 1. The van der Waals surface area contributed by atoms with Gasteiger partial charge in [-0.2, -0.15) is 0 Å². The molecule has 0 fully saturated rings. The fourth-order valence-electron chi connectivity index (χ4n) is 1.80. The Morgan fingerprint density at radius 3 is 2.79 bits per heavy atom. The van der Waals surface area contributed by atoms with E-state index in [1.165, 1.54) is 0 Å². The van der Waals surface area contributed by atoms with Crippen LogP contribution in [0.15, 0.2) is 18.3 Å². The summed E-state index contributed by atoms with van der Waals surface area (Å²) in [5.41, 5.74) is -0.312. The maximum atomic E-state index is 12.0. The van der Waals surface area contributed by atoms with Gasteiger partial charge in [0.15, 0.2) is 0 Å². The van der Waals surface area contributed by atoms with E-state index in [1.54, 1.807) is 25.3 Å². The van der Waals surface area contributed by atoms with Crippen LogP contribution in [0.4, 0.5) is 5.82 Å². The fourth-order valence-corrected chi connectivity index (χ4v) is 1.80. The summed E-state index contributed by atoms with van der Waals surface area (Å²) in [7, 11) is 3.74.